The van der Waals surface area contributed by atoms with Crippen molar-refractivity contribution in [2.24, 2.45) is 5.92 Å². The number of ketones is 1. The van der Waals surface area contributed by atoms with Crippen LogP contribution >= 0.6 is 0 Å². The number of fused-ring (bicyclic) bond motifs is 1. The molecule has 0 N–H and O–H groups in total. The maximum Gasteiger partial charge on any atom is 0.164 e. The molecule has 2 rings (SSSR count). The van der Waals surface area contributed by atoms with Gasteiger partial charge in [-0.05, 0) is 29.2 Å². The van der Waals surface area contributed by atoms with E-state index < -0.39 is 0 Å². The maximum atomic E-state index is 12.4. The second-order valence-electron chi connectivity index (χ2n) is 5.12. The lowest BCUT2D eigenvalue weighted by atomic mass is 9.91. The number of aryl methyl sites for hydroxylation is 1. The van der Waals surface area contributed by atoms with Gasteiger partial charge in [0, 0.05) is 12.0 Å². The van der Waals surface area contributed by atoms with Crippen LogP contribution in [-0.4, -0.2) is 5.78 Å². The summed E-state index contributed by atoms with van der Waals surface area (Å²) in [6.07, 6.45) is 1.70. The molecule has 0 aliphatic heterocycles. The predicted octanol–water partition coefficient (Wildman–Crippen LogP) is 4.77. The van der Waals surface area contributed by atoms with Gasteiger partial charge < -0.3 is 0 Å². The molecule has 0 aliphatic rings. The highest BCUT2D eigenvalue weighted by Gasteiger charge is 2.15. The second-order valence-corrected chi connectivity index (χ2v) is 5.12. The Morgan fingerprint density at radius 1 is 1.17 bits per heavy atom. The van der Waals surface area contributed by atoms with E-state index in [2.05, 4.69) is 26.0 Å². The number of carbonyl (C=O) groups excluding carboxylic acids is 1. The smallest absolute Gasteiger partial charge is 0.164 e. The first kappa shape index (κ1) is 12.8. The van der Waals surface area contributed by atoms with Gasteiger partial charge in [-0.2, -0.15) is 0 Å². The molecule has 0 amide bonds. The number of benzene rings is 2. The third-order valence-corrected chi connectivity index (χ3v) is 3.65. The highest BCUT2D eigenvalue weighted by molar-refractivity contribution is 6.09. The first-order chi connectivity index (χ1) is 8.63. The highest BCUT2D eigenvalue weighted by Crippen LogP contribution is 2.25. The van der Waals surface area contributed by atoms with Crippen molar-refractivity contribution in [3.05, 3.63) is 47.5 Å². The fourth-order valence-corrected chi connectivity index (χ4v) is 2.31. The molecule has 0 radical (unpaired) electrons. The third kappa shape index (κ3) is 2.45. The van der Waals surface area contributed by atoms with E-state index in [9.17, 15) is 4.79 Å². The molecular formula is C17H20O. The number of carbonyl (C=O) groups is 1. The summed E-state index contributed by atoms with van der Waals surface area (Å²) in [4.78, 5) is 12.4. The topological polar surface area (TPSA) is 17.1 Å². The van der Waals surface area contributed by atoms with E-state index in [-0.39, 0.29) is 5.78 Å². The fraction of sp³-hybridized carbons (Fsp3) is 0.353. The van der Waals surface area contributed by atoms with Crippen LogP contribution in [0.5, 0.6) is 0 Å². The van der Waals surface area contributed by atoms with Crippen LogP contribution in [-0.2, 0) is 0 Å². The zero-order valence-electron chi connectivity index (χ0n) is 11.4. The van der Waals surface area contributed by atoms with Crippen LogP contribution in [0.2, 0.25) is 0 Å². The molecular weight excluding hydrogens is 220 g/mol. The van der Waals surface area contributed by atoms with E-state index in [4.69, 9.17) is 0 Å². The Balaban J connectivity index is 2.49. The van der Waals surface area contributed by atoms with Crippen molar-refractivity contribution >= 4 is 16.6 Å². The average Bonchev–Trinajstić information content (AvgIpc) is 2.38. The van der Waals surface area contributed by atoms with Crippen molar-refractivity contribution in [2.75, 3.05) is 0 Å². The zero-order chi connectivity index (χ0) is 13.1. The average molecular weight is 240 g/mol. The molecule has 2 aromatic carbocycles. The van der Waals surface area contributed by atoms with Crippen molar-refractivity contribution in [3.8, 4) is 0 Å². The van der Waals surface area contributed by atoms with Gasteiger partial charge in [-0.1, -0.05) is 56.7 Å². The number of hydrogen-bond acceptors (Lipinski definition) is 1. The van der Waals surface area contributed by atoms with Crippen LogP contribution in [0.1, 0.15) is 42.6 Å². The van der Waals surface area contributed by atoms with Gasteiger partial charge in [0.1, 0.15) is 0 Å². The van der Waals surface area contributed by atoms with Gasteiger partial charge in [-0.25, -0.2) is 0 Å². The highest BCUT2D eigenvalue weighted by atomic mass is 16.1. The Hall–Kier alpha value is -1.63. The van der Waals surface area contributed by atoms with Crippen LogP contribution in [0, 0.1) is 12.8 Å². The summed E-state index contributed by atoms with van der Waals surface area (Å²) in [5, 5.41) is 2.24. The number of Topliss-reactive ketones (excluding diaryl/α,β-unsaturated/α-hetero) is 1. The fourth-order valence-electron chi connectivity index (χ4n) is 2.31. The van der Waals surface area contributed by atoms with E-state index >= 15 is 0 Å². The normalized spacial score (nSPS) is 12.6. The number of rotatable bonds is 4. The quantitative estimate of drug-likeness (QED) is 0.704. The standard InChI is InChI=1S/C17H20O/c1-4-12(2)11-16(18)17-13(3)9-10-14-7-5-6-8-15(14)17/h5-10,12H,4,11H2,1-3H3. The minimum atomic E-state index is 0.277. The van der Waals surface area contributed by atoms with Crippen LogP contribution in [0.15, 0.2) is 36.4 Å². The molecule has 1 heteroatoms. The molecule has 94 valence electrons. The Morgan fingerprint density at radius 3 is 2.61 bits per heavy atom. The first-order valence-corrected chi connectivity index (χ1v) is 6.65. The molecule has 2 aromatic rings. The minimum absolute atomic E-state index is 0.277. The van der Waals surface area contributed by atoms with Crippen molar-refractivity contribution in [1.29, 1.82) is 0 Å². The van der Waals surface area contributed by atoms with Gasteiger partial charge in [0.05, 0.1) is 0 Å². The lowest BCUT2D eigenvalue weighted by Crippen LogP contribution is -2.07. The van der Waals surface area contributed by atoms with Crippen LogP contribution in [0.25, 0.3) is 10.8 Å². The van der Waals surface area contributed by atoms with Gasteiger partial charge in [0.15, 0.2) is 5.78 Å². The Kier molecular flexibility index (Phi) is 3.81. The molecule has 18 heavy (non-hydrogen) atoms. The largest absolute Gasteiger partial charge is 0.294 e. The second kappa shape index (κ2) is 5.34. The molecule has 1 unspecified atom stereocenters. The van der Waals surface area contributed by atoms with E-state index in [1.54, 1.807) is 0 Å². The van der Waals surface area contributed by atoms with E-state index in [1.807, 2.05) is 31.2 Å². The van der Waals surface area contributed by atoms with Crippen molar-refractivity contribution in [2.45, 2.75) is 33.6 Å². The Bertz CT molecular complexity index is 569. The summed E-state index contributed by atoms with van der Waals surface area (Å²) in [6.45, 7) is 6.29. The van der Waals surface area contributed by atoms with Gasteiger partial charge in [-0.15, -0.1) is 0 Å². The SMILES string of the molecule is CCC(C)CC(=O)c1c(C)ccc2ccccc12. The van der Waals surface area contributed by atoms with Gasteiger partial charge in [0.25, 0.3) is 0 Å². The lowest BCUT2D eigenvalue weighted by Gasteiger charge is -2.12. The molecule has 0 bridgehead atoms. The molecule has 1 nitrogen and oxygen atoms in total. The third-order valence-electron chi connectivity index (χ3n) is 3.65. The monoisotopic (exact) mass is 240 g/mol. The summed E-state index contributed by atoms with van der Waals surface area (Å²) < 4.78 is 0. The van der Waals surface area contributed by atoms with Gasteiger partial charge in [0.2, 0.25) is 0 Å². The lowest BCUT2D eigenvalue weighted by molar-refractivity contribution is 0.0965. The summed E-state index contributed by atoms with van der Waals surface area (Å²) in [7, 11) is 0. The van der Waals surface area contributed by atoms with E-state index in [0.29, 0.717) is 12.3 Å². The Morgan fingerprint density at radius 2 is 1.89 bits per heavy atom. The molecule has 0 saturated carbocycles. The molecule has 0 aliphatic carbocycles. The van der Waals surface area contributed by atoms with Gasteiger partial charge in [-0.3, -0.25) is 4.79 Å². The maximum absolute atomic E-state index is 12.4. The van der Waals surface area contributed by atoms with E-state index in [0.717, 1.165) is 28.3 Å². The van der Waals surface area contributed by atoms with Crippen molar-refractivity contribution in [1.82, 2.24) is 0 Å². The predicted molar refractivity (Wildman–Crippen MR) is 77.1 cm³/mol. The summed E-state index contributed by atoms with van der Waals surface area (Å²) in [5.41, 5.74) is 2.00. The van der Waals surface area contributed by atoms with Crippen LogP contribution in [0.4, 0.5) is 0 Å². The summed E-state index contributed by atoms with van der Waals surface area (Å²) >= 11 is 0. The van der Waals surface area contributed by atoms with Crippen molar-refractivity contribution in [3.63, 3.8) is 0 Å². The van der Waals surface area contributed by atoms with Crippen molar-refractivity contribution < 1.29 is 4.79 Å². The molecule has 0 spiro atoms. The van der Waals surface area contributed by atoms with E-state index in [1.165, 1.54) is 0 Å². The molecule has 0 saturated heterocycles. The number of hydrogen-bond donors (Lipinski definition) is 0. The summed E-state index contributed by atoms with van der Waals surface area (Å²) in [6, 6.07) is 12.3. The summed E-state index contributed by atoms with van der Waals surface area (Å²) in [5.74, 6) is 0.731. The zero-order valence-corrected chi connectivity index (χ0v) is 11.4. The molecule has 0 heterocycles. The van der Waals surface area contributed by atoms with Crippen LogP contribution in [0.3, 0.4) is 0 Å². The minimum Gasteiger partial charge on any atom is -0.294 e. The molecule has 0 fully saturated rings. The molecule has 0 aromatic heterocycles. The van der Waals surface area contributed by atoms with Gasteiger partial charge >= 0.3 is 0 Å². The molecule has 1 atom stereocenters. The Labute approximate surface area is 109 Å². The first-order valence-electron chi connectivity index (χ1n) is 6.65. The van der Waals surface area contributed by atoms with Crippen LogP contribution < -0.4 is 0 Å².